The Morgan fingerprint density at radius 3 is 2.28 bits per heavy atom. The van der Waals surface area contributed by atoms with E-state index < -0.39 is 0 Å². The molecule has 1 unspecified atom stereocenters. The zero-order valence-electron chi connectivity index (χ0n) is 14.6. The minimum Gasteiger partial charge on any atom is -0.396 e. The summed E-state index contributed by atoms with van der Waals surface area (Å²) >= 11 is 0. The summed E-state index contributed by atoms with van der Waals surface area (Å²) in [5.41, 5.74) is 2.59. The minimum atomic E-state index is -0.155. The third kappa shape index (κ3) is 5.43. The molecule has 2 N–H and O–H groups in total. The van der Waals surface area contributed by atoms with Gasteiger partial charge in [-0.25, -0.2) is 0 Å². The standard InChI is InChI=1S/C20H24N2O3/c1-15(24)21-18-10-8-16(9-11-18)14-20(25)22(2)19(12-13-23)17-6-4-3-5-7-17/h3-11,19,23H,12-14H2,1-2H3,(H,21,24). The van der Waals surface area contributed by atoms with Gasteiger partial charge in [-0.2, -0.15) is 0 Å². The van der Waals surface area contributed by atoms with Crippen LogP contribution in [0.2, 0.25) is 0 Å². The molecule has 0 radical (unpaired) electrons. The summed E-state index contributed by atoms with van der Waals surface area (Å²) < 4.78 is 0. The van der Waals surface area contributed by atoms with Gasteiger partial charge in [0, 0.05) is 26.3 Å². The average molecular weight is 340 g/mol. The Balaban J connectivity index is 2.06. The van der Waals surface area contributed by atoms with E-state index in [1.54, 1.807) is 24.1 Å². The van der Waals surface area contributed by atoms with Gasteiger partial charge in [-0.1, -0.05) is 42.5 Å². The predicted octanol–water partition coefficient (Wildman–Crippen LogP) is 2.77. The van der Waals surface area contributed by atoms with E-state index in [0.29, 0.717) is 12.1 Å². The van der Waals surface area contributed by atoms with Gasteiger partial charge in [-0.3, -0.25) is 9.59 Å². The highest BCUT2D eigenvalue weighted by atomic mass is 16.3. The quantitative estimate of drug-likeness (QED) is 0.814. The van der Waals surface area contributed by atoms with E-state index in [1.807, 2.05) is 42.5 Å². The number of amides is 2. The number of rotatable bonds is 7. The summed E-state index contributed by atoms with van der Waals surface area (Å²) in [7, 11) is 1.77. The molecule has 2 amide bonds. The van der Waals surface area contributed by atoms with Crippen molar-refractivity contribution in [3.8, 4) is 0 Å². The van der Waals surface area contributed by atoms with E-state index in [1.165, 1.54) is 6.92 Å². The second kappa shape index (κ2) is 8.99. The first-order valence-electron chi connectivity index (χ1n) is 8.29. The lowest BCUT2D eigenvalue weighted by Crippen LogP contribution is -2.33. The molecule has 2 aromatic carbocycles. The van der Waals surface area contributed by atoms with Crippen molar-refractivity contribution in [2.75, 3.05) is 19.0 Å². The van der Waals surface area contributed by atoms with Crippen molar-refractivity contribution in [1.29, 1.82) is 0 Å². The third-order valence-electron chi connectivity index (χ3n) is 4.08. The topological polar surface area (TPSA) is 69.6 Å². The van der Waals surface area contributed by atoms with Crippen LogP contribution in [-0.4, -0.2) is 35.5 Å². The lowest BCUT2D eigenvalue weighted by molar-refractivity contribution is -0.131. The van der Waals surface area contributed by atoms with Gasteiger partial charge in [0.15, 0.2) is 0 Å². The van der Waals surface area contributed by atoms with Crippen LogP contribution in [0.25, 0.3) is 0 Å². The highest BCUT2D eigenvalue weighted by Gasteiger charge is 2.21. The van der Waals surface area contributed by atoms with Gasteiger partial charge in [0.1, 0.15) is 0 Å². The minimum absolute atomic E-state index is 0.0165. The molecule has 2 rings (SSSR count). The van der Waals surface area contributed by atoms with E-state index in [-0.39, 0.29) is 30.9 Å². The number of hydrogen-bond donors (Lipinski definition) is 2. The SMILES string of the molecule is CC(=O)Nc1ccc(CC(=O)N(C)C(CCO)c2ccccc2)cc1. The first-order chi connectivity index (χ1) is 12.0. The van der Waals surface area contributed by atoms with Crippen LogP contribution in [0, 0.1) is 0 Å². The second-order valence-electron chi connectivity index (χ2n) is 6.00. The highest BCUT2D eigenvalue weighted by Crippen LogP contribution is 2.23. The summed E-state index contributed by atoms with van der Waals surface area (Å²) in [6, 6.07) is 16.8. The summed E-state index contributed by atoms with van der Waals surface area (Å²) in [5, 5.41) is 12.1. The van der Waals surface area contributed by atoms with Crippen molar-refractivity contribution in [3.05, 3.63) is 65.7 Å². The zero-order chi connectivity index (χ0) is 18.2. The summed E-state index contributed by atoms with van der Waals surface area (Å²) in [5.74, 6) is -0.146. The van der Waals surface area contributed by atoms with Crippen LogP contribution in [-0.2, 0) is 16.0 Å². The van der Waals surface area contributed by atoms with E-state index in [2.05, 4.69) is 5.32 Å². The molecule has 0 aliphatic heterocycles. The predicted molar refractivity (Wildman–Crippen MR) is 98.1 cm³/mol. The number of aliphatic hydroxyl groups is 1. The van der Waals surface area contributed by atoms with Crippen LogP contribution in [0.4, 0.5) is 5.69 Å². The lowest BCUT2D eigenvalue weighted by Gasteiger charge is -2.28. The van der Waals surface area contributed by atoms with Crippen molar-refractivity contribution in [3.63, 3.8) is 0 Å². The number of likely N-dealkylation sites (N-methyl/N-ethyl adjacent to an activating group) is 1. The maximum absolute atomic E-state index is 12.6. The van der Waals surface area contributed by atoms with Gasteiger partial charge < -0.3 is 15.3 Å². The van der Waals surface area contributed by atoms with Gasteiger partial charge in [0.05, 0.1) is 12.5 Å². The van der Waals surface area contributed by atoms with Crippen LogP contribution in [0.1, 0.15) is 30.5 Å². The Hall–Kier alpha value is -2.66. The van der Waals surface area contributed by atoms with E-state index in [0.717, 1.165) is 11.1 Å². The largest absolute Gasteiger partial charge is 0.396 e. The Labute approximate surface area is 148 Å². The Kier molecular flexibility index (Phi) is 6.71. The molecule has 132 valence electrons. The monoisotopic (exact) mass is 340 g/mol. The van der Waals surface area contributed by atoms with Gasteiger partial charge >= 0.3 is 0 Å². The second-order valence-corrected chi connectivity index (χ2v) is 6.00. The number of hydrogen-bond acceptors (Lipinski definition) is 3. The van der Waals surface area contributed by atoms with Crippen LogP contribution >= 0.6 is 0 Å². The van der Waals surface area contributed by atoms with Gasteiger partial charge in [0.25, 0.3) is 0 Å². The lowest BCUT2D eigenvalue weighted by atomic mass is 10.0. The molecule has 5 heteroatoms. The molecule has 0 heterocycles. The summed E-state index contributed by atoms with van der Waals surface area (Å²) in [6.07, 6.45) is 0.763. The van der Waals surface area contributed by atoms with Gasteiger partial charge in [-0.05, 0) is 29.7 Å². The van der Waals surface area contributed by atoms with Crippen molar-refractivity contribution >= 4 is 17.5 Å². The van der Waals surface area contributed by atoms with E-state index >= 15 is 0 Å². The van der Waals surface area contributed by atoms with Crippen molar-refractivity contribution in [2.45, 2.75) is 25.8 Å². The smallest absolute Gasteiger partial charge is 0.227 e. The Bertz CT molecular complexity index is 699. The van der Waals surface area contributed by atoms with Gasteiger partial charge in [0.2, 0.25) is 11.8 Å². The number of carbonyl (C=O) groups excluding carboxylic acids is 2. The third-order valence-corrected chi connectivity index (χ3v) is 4.08. The molecular weight excluding hydrogens is 316 g/mol. The molecule has 0 bridgehead atoms. The van der Waals surface area contributed by atoms with Crippen LogP contribution in [0.15, 0.2) is 54.6 Å². The number of nitrogens with zero attached hydrogens (tertiary/aromatic N) is 1. The summed E-state index contributed by atoms with van der Waals surface area (Å²) in [4.78, 5) is 25.4. The fourth-order valence-corrected chi connectivity index (χ4v) is 2.76. The van der Waals surface area contributed by atoms with Crippen molar-refractivity contribution in [2.24, 2.45) is 0 Å². The average Bonchev–Trinajstić information content (AvgIpc) is 2.61. The first kappa shape index (κ1) is 18.7. The molecule has 0 saturated heterocycles. The van der Waals surface area contributed by atoms with Crippen LogP contribution < -0.4 is 5.32 Å². The molecule has 0 aliphatic rings. The number of carbonyl (C=O) groups is 2. The fourth-order valence-electron chi connectivity index (χ4n) is 2.76. The molecule has 2 aromatic rings. The van der Waals surface area contributed by atoms with E-state index in [4.69, 9.17) is 0 Å². The molecule has 0 fully saturated rings. The maximum atomic E-state index is 12.6. The fraction of sp³-hybridized carbons (Fsp3) is 0.300. The van der Waals surface area contributed by atoms with E-state index in [9.17, 15) is 14.7 Å². The molecule has 0 saturated carbocycles. The molecule has 25 heavy (non-hydrogen) atoms. The Morgan fingerprint density at radius 1 is 1.08 bits per heavy atom. The molecule has 0 aliphatic carbocycles. The van der Waals surface area contributed by atoms with Gasteiger partial charge in [-0.15, -0.1) is 0 Å². The molecule has 0 spiro atoms. The maximum Gasteiger partial charge on any atom is 0.227 e. The molecule has 0 aromatic heterocycles. The Morgan fingerprint density at radius 2 is 1.72 bits per heavy atom. The molecule has 1 atom stereocenters. The molecule has 5 nitrogen and oxygen atoms in total. The van der Waals surface area contributed by atoms with Crippen molar-refractivity contribution in [1.82, 2.24) is 4.90 Å². The van der Waals surface area contributed by atoms with Crippen LogP contribution in [0.5, 0.6) is 0 Å². The molecular formula is C20H24N2O3. The van der Waals surface area contributed by atoms with Crippen LogP contribution in [0.3, 0.4) is 0 Å². The summed E-state index contributed by atoms with van der Waals surface area (Å²) in [6.45, 7) is 1.47. The highest BCUT2D eigenvalue weighted by molar-refractivity contribution is 5.88. The zero-order valence-corrected chi connectivity index (χ0v) is 14.6. The normalized spacial score (nSPS) is 11.6. The first-order valence-corrected chi connectivity index (χ1v) is 8.29. The van der Waals surface area contributed by atoms with Crippen molar-refractivity contribution < 1.29 is 14.7 Å². The number of nitrogens with one attached hydrogen (secondary N) is 1. The number of anilines is 1. The number of benzene rings is 2. The number of aliphatic hydroxyl groups excluding tert-OH is 1.